The minimum atomic E-state index is -0.255. The van der Waals surface area contributed by atoms with E-state index in [0.717, 1.165) is 18.8 Å². The number of fused-ring (bicyclic) bond motifs is 1. The molecular formula is C11H19NO2. The van der Waals surface area contributed by atoms with Gasteiger partial charge in [0.1, 0.15) is 6.10 Å². The Morgan fingerprint density at radius 1 is 1.50 bits per heavy atom. The number of hydrogen-bond acceptors (Lipinski definition) is 2. The first-order valence-electron chi connectivity index (χ1n) is 5.66. The van der Waals surface area contributed by atoms with Gasteiger partial charge >= 0.3 is 0 Å². The molecule has 0 radical (unpaired) electrons. The van der Waals surface area contributed by atoms with Gasteiger partial charge in [-0.15, -0.1) is 0 Å². The lowest BCUT2D eigenvalue weighted by molar-refractivity contribution is -0.151. The Morgan fingerprint density at radius 3 is 3.00 bits per heavy atom. The fourth-order valence-corrected chi connectivity index (χ4v) is 2.54. The van der Waals surface area contributed by atoms with Crippen LogP contribution in [0.15, 0.2) is 0 Å². The number of morpholine rings is 1. The molecule has 1 N–H and O–H groups in total. The lowest BCUT2D eigenvalue weighted by Crippen LogP contribution is -2.57. The Bertz CT molecular complexity index is 229. The van der Waals surface area contributed by atoms with Crippen molar-refractivity contribution in [2.45, 2.75) is 57.8 Å². The summed E-state index contributed by atoms with van der Waals surface area (Å²) in [6.45, 7) is 4.05. The molecule has 2 rings (SSSR count). The number of nitrogens with one attached hydrogen (secondary N) is 1. The van der Waals surface area contributed by atoms with Crippen molar-refractivity contribution >= 4 is 5.91 Å². The van der Waals surface area contributed by atoms with E-state index in [2.05, 4.69) is 12.2 Å². The average molecular weight is 197 g/mol. The topological polar surface area (TPSA) is 38.3 Å². The number of ether oxygens (including phenoxy) is 1. The van der Waals surface area contributed by atoms with E-state index in [0.29, 0.717) is 0 Å². The Morgan fingerprint density at radius 2 is 2.29 bits per heavy atom. The molecule has 1 heterocycles. The maximum Gasteiger partial charge on any atom is 0.249 e. The molecule has 3 nitrogen and oxygen atoms in total. The standard InChI is InChI=1S/C11H19NO2/c1-3-8-4-5-10-9(6-8)12-11(13)7(2)14-10/h7-10H,3-6H2,1-2H3,(H,12,13)/t7?,8?,9-,10?/m0/s1. The second-order valence-electron chi connectivity index (χ2n) is 4.52. The Kier molecular flexibility index (Phi) is 2.77. The number of carbonyl (C=O) groups excluding carboxylic acids is 1. The summed E-state index contributed by atoms with van der Waals surface area (Å²) in [7, 11) is 0. The lowest BCUT2D eigenvalue weighted by Gasteiger charge is -2.41. The summed E-state index contributed by atoms with van der Waals surface area (Å²) in [5, 5.41) is 3.07. The van der Waals surface area contributed by atoms with Gasteiger partial charge in [0.25, 0.3) is 0 Å². The first-order chi connectivity index (χ1) is 6.70. The molecule has 2 fully saturated rings. The second kappa shape index (κ2) is 3.89. The molecule has 0 aromatic rings. The maximum atomic E-state index is 11.4. The van der Waals surface area contributed by atoms with Crippen LogP contribution in [0.25, 0.3) is 0 Å². The SMILES string of the molecule is CCC1CCC2OC(C)C(=O)N[C@H]2C1. The van der Waals surface area contributed by atoms with Gasteiger partial charge in [-0.05, 0) is 32.1 Å². The summed E-state index contributed by atoms with van der Waals surface area (Å²) in [5.41, 5.74) is 0. The minimum absolute atomic E-state index is 0.0583. The van der Waals surface area contributed by atoms with E-state index < -0.39 is 0 Å². The third-order valence-corrected chi connectivity index (χ3v) is 3.55. The highest BCUT2D eigenvalue weighted by atomic mass is 16.5. The van der Waals surface area contributed by atoms with Crippen molar-refractivity contribution < 1.29 is 9.53 Å². The molecule has 1 amide bonds. The molecule has 2 aliphatic rings. The molecule has 0 aromatic heterocycles. The monoisotopic (exact) mass is 197 g/mol. The molecule has 14 heavy (non-hydrogen) atoms. The highest BCUT2D eigenvalue weighted by Gasteiger charge is 2.37. The van der Waals surface area contributed by atoms with Crippen molar-refractivity contribution in [3.63, 3.8) is 0 Å². The molecule has 1 aliphatic heterocycles. The van der Waals surface area contributed by atoms with E-state index in [-0.39, 0.29) is 24.2 Å². The van der Waals surface area contributed by atoms with Gasteiger partial charge in [-0.1, -0.05) is 13.3 Å². The molecular weight excluding hydrogens is 178 g/mol. The number of rotatable bonds is 1. The molecule has 1 saturated heterocycles. The van der Waals surface area contributed by atoms with E-state index in [4.69, 9.17) is 4.74 Å². The Labute approximate surface area is 85.2 Å². The summed E-state index contributed by atoms with van der Waals surface area (Å²) in [5.74, 6) is 0.830. The van der Waals surface area contributed by atoms with Gasteiger partial charge in [0, 0.05) is 0 Å². The van der Waals surface area contributed by atoms with Gasteiger partial charge in [-0.3, -0.25) is 4.79 Å². The summed E-state index contributed by atoms with van der Waals surface area (Å²) in [6, 6.07) is 0.275. The normalized spacial score (nSPS) is 42.9. The first-order valence-corrected chi connectivity index (χ1v) is 5.66. The predicted octanol–water partition coefficient (Wildman–Crippen LogP) is 1.47. The van der Waals surface area contributed by atoms with E-state index in [9.17, 15) is 4.79 Å². The van der Waals surface area contributed by atoms with E-state index in [1.807, 2.05) is 6.92 Å². The summed E-state index contributed by atoms with van der Waals surface area (Å²) in [6.07, 6.45) is 4.68. The number of carbonyl (C=O) groups is 1. The van der Waals surface area contributed by atoms with Gasteiger partial charge in [-0.2, -0.15) is 0 Å². The van der Waals surface area contributed by atoms with Crippen molar-refractivity contribution in [1.82, 2.24) is 5.32 Å². The third kappa shape index (κ3) is 1.78. The molecule has 1 saturated carbocycles. The van der Waals surface area contributed by atoms with Crippen molar-refractivity contribution in [3.8, 4) is 0 Å². The number of amides is 1. The lowest BCUT2D eigenvalue weighted by atomic mass is 9.81. The van der Waals surface area contributed by atoms with Crippen LogP contribution < -0.4 is 5.32 Å². The Balaban J connectivity index is 1.98. The van der Waals surface area contributed by atoms with E-state index >= 15 is 0 Å². The second-order valence-corrected chi connectivity index (χ2v) is 4.52. The zero-order valence-corrected chi connectivity index (χ0v) is 8.95. The highest BCUT2D eigenvalue weighted by molar-refractivity contribution is 5.81. The zero-order chi connectivity index (χ0) is 10.1. The summed E-state index contributed by atoms with van der Waals surface area (Å²) < 4.78 is 5.68. The van der Waals surface area contributed by atoms with Crippen LogP contribution in [0.3, 0.4) is 0 Å². The molecule has 0 bridgehead atoms. The predicted molar refractivity (Wildman–Crippen MR) is 53.9 cm³/mol. The fourth-order valence-electron chi connectivity index (χ4n) is 2.54. The Hall–Kier alpha value is -0.570. The van der Waals surface area contributed by atoms with Gasteiger partial charge in [0.15, 0.2) is 0 Å². The van der Waals surface area contributed by atoms with Crippen molar-refractivity contribution in [2.24, 2.45) is 5.92 Å². The van der Waals surface area contributed by atoms with E-state index in [1.54, 1.807) is 0 Å². The third-order valence-electron chi connectivity index (χ3n) is 3.55. The van der Waals surface area contributed by atoms with E-state index in [1.165, 1.54) is 12.8 Å². The largest absolute Gasteiger partial charge is 0.363 e. The van der Waals surface area contributed by atoms with Gasteiger partial charge in [0.05, 0.1) is 12.1 Å². The molecule has 1 aliphatic carbocycles. The summed E-state index contributed by atoms with van der Waals surface area (Å²) >= 11 is 0. The molecule has 0 aromatic carbocycles. The van der Waals surface area contributed by atoms with Gasteiger partial charge in [0.2, 0.25) is 5.91 Å². The molecule has 3 unspecified atom stereocenters. The van der Waals surface area contributed by atoms with Crippen molar-refractivity contribution in [1.29, 1.82) is 0 Å². The quantitative estimate of drug-likeness (QED) is 0.691. The van der Waals surface area contributed by atoms with Crippen LogP contribution in [0.5, 0.6) is 0 Å². The molecule has 3 heteroatoms. The first kappa shape index (κ1) is 9.97. The van der Waals surface area contributed by atoms with Crippen LogP contribution in [0.2, 0.25) is 0 Å². The molecule has 0 spiro atoms. The van der Waals surface area contributed by atoms with Crippen molar-refractivity contribution in [2.75, 3.05) is 0 Å². The number of hydrogen-bond donors (Lipinski definition) is 1. The van der Waals surface area contributed by atoms with Crippen molar-refractivity contribution in [3.05, 3.63) is 0 Å². The van der Waals surface area contributed by atoms with Crippen LogP contribution in [-0.2, 0) is 9.53 Å². The van der Waals surface area contributed by atoms with Crippen LogP contribution in [0, 0.1) is 5.92 Å². The van der Waals surface area contributed by atoms with Crippen LogP contribution in [-0.4, -0.2) is 24.2 Å². The van der Waals surface area contributed by atoms with Gasteiger partial charge in [-0.25, -0.2) is 0 Å². The zero-order valence-electron chi connectivity index (χ0n) is 8.95. The van der Waals surface area contributed by atoms with Crippen LogP contribution in [0.1, 0.15) is 39.5 Å². The fraction of sp³-hybridized carbons (Fsp3) is 0.909. The summed E-state index contributed by atoms with van der Waals surface area (Å²) in [4.78, 5) is 11.4. The molecule has 4 atom stereocenters. The van der Waals surface area contributed by atoms with Crippen LogP contribution >= 0.6 is 0 Å². The maximum absolute atomic E-state index is 11.4. The average Bonchev–Trinajstić information content (AvgIpc) is 2.19. The smallest absolute Gasteiger partial charge is 0.249 e. The van der Waals surface area contributed by atoms with Crippen LogP contribution in [0.4, 0.5) is 0 Å². The highest BCUT2D eigenvalue weighted by Crippen LogP contribution is 2.31. The molecule has 80 valence electrons. The van der Waals surface area contributed by atoms with Gasteiger partial charge < -0.3 is 10.1 Å². The minimum Gasteiger partial charge on any atom is -0.363 e.